The number of nitrogens with zero attached hydrogens (tertiary/aromatic N) is 1. The van der Waals surface area contributed by atoms with Crippen LogP contribution in [0.4, 0.5) is 4.79 Å². The van der Waals surface area contributed by atoms with E-state index in [2.05, 4.69) is 0 Å². The SMILES string of the molecule is CC(C)(C)OC(=O)[C@@H]1CC[C@H](C(=O)O)CN1C(=O)OCc1ccccc1. The first kappa shape index (κ1) is 19.8. The largest absolute Gasteiger partial charge is 0.481 e. The minimum atomic E-state index is -0.992. The van der Waals surface area contributed by atoms with Crippen LogP contribution in [-0.2, 0) is 25.7 Å². The predicted octanol–water partition coefficient (Wildman–Crippen LogP) is 2.83. The fourth-order valence-electron chi connectivity index (χ4n) is 2.79. The summed E-state index contributed by atoms with van der Waals surface area (Å²) in [7, 11) is 0. The van der Waals surface area contributed by atoms with Crippen LogP contribution in [0.3, 0.4) is 0 Å². The molecular weight excluding hydrogens is 338 g/mol. The summed E-state index contributed by atoms with van der Waals surface area (Å²) >= 11 is 0. The third kappa shape index (κ3) is 5.47. The van der Waals surface area contributed by atoms with Gasteiger partial charge in [0.2, 0.25) is 0 Å². The fraction of sp³-hybridized carbons (Fsp3) is 0.526. The van der Waals surface area contributed by atoms with Gasteiger partial charge in [0.25, 0.3) is 0 Å². The summed E-state index contributed by atoms with van der Waals surface area (Å²) in [5, 5.41) is 9.26. The second-order valence-electron chi connectivity index (χ2n) is 7.35. The maximum atomic E-state index is 12.5. The quantitative estimate of drug-likeness (QED) is 0.827. The molecule has 0 aromatic heterocycles. The lowest BCUT2D eigenvalue weighted by Gasteiger charge is -2.37. The molecule has 0 unspecified atom stereocenters. The number of piperidine rings is 1. The van der Waals surface area contributed by atoms with E-state index in [1.165, 1.54) is 4.90 Å². The number of aliphatic carboxylic acids is 1. The number of esters is 1. The molecule has 0 bridgehead atoms. The predicted molar refractivity (Wildman–Crippen MR) is 93.3 cm³/mol. The topological polar surface area (TPSA) is 93.1 Å². The van der Waals surface area contributed by atoms with Gasteiger partial charge in [0.05, 0.1) is 5.92 Å². The molecule has 2 atom stereocenters. The van der Waals surface area contributed by atoms with Gasteiger partial charge in [-0.05, 0) is 39.2 Å². The van der Waals surface area contributed by atoms with Crippen molar-refractivity contribution in [2.45, 2.75) is 51.9 Å². The van der Waals surface area contributed by atoms with E-state index in [0.717, 1.165) is 5.56 Å². The zero-order valence-electron chi connectivity index (χ0n) is 15.3. The van der Waals surface area contributed by atoms with Gasteiger partial charge in [-0.1, -0.05) is 30.3 Å². The van der Waals surface area contributed by atoms with Gasteiger partial charge in [0.1, 0.15) is 18.2 Å². The van der Waals surface area contributed by atoms with E-state index in [-0.39, 0.29) is 19.6 Å². The number of hydrogen-bond acceptors (Lipinski definition) is 5. The Morgan fingerprint density at radius 1 is 1.15 bits per heavy atom. The first-order valence-corrected chi connectivity index (χ1v) is 8.60. The van der Waals surface area contributed by atoms with E-state index in [1.807, 2.05) is 30.3 Å². The Kier molecular flexibility index (Phi) is 6.23. The lowest BCUT2D eigenvalue weighted by molar-refractivity contribution is -0.164. The van der Waals surface area contributed by atoms with Gasteiger partial charge in [-0.15, -0.1) is 0 Å². The third-order valence-electron chi connectivity index (χ3n) is 4.05. The molecule has 26 heavy (non-hydrogen) atoms. The molecule has 1 saturated heterocycles. The van der Waals surface area contributed by atoms with Gasteiger partial charge in [0.15, 0.2) is 0 Å². The van der Waals surface area contributed by atoms with E-state index in [9.17, 15) is 19.5 Å². The van der Waals surface area contributed by atoms with Crippen LogP contribution < -0.4 is 0 Å². The molecule has 1 aliphatic rings. The number of carbonyl (C=O) groups is 3. The van der Waals surface area contributed by atoms with Gasteiger partial charge in [-0.3, -0.25) is 9.69 Å². The zero-order valence-corrected chi connectivity index (χ0v) is 15.3. The van der Waals surface area contributed by atoms with Crippen LogP contribution in [0.1, 0.15) is 39.2 Å². The van der Waals surface area contributed by atoms with Gasteiger partial charge in [0, 0.05) is 6.54 Å². The van der Waals surface area contributed by atoms with Crippen molar-refractivity contribution in [3.05, 3.63) is 35.9 Å². The Bertz CT molecular complexity index is 652. The number of benzene rings is 1. The molecule has 0 aliphatic carbocycles. The summed E-state index contributed by atoms with van der Waals surface area (Å²) < 4.78 is 10.7. The molecule has 1 aromatic carbocycles. The van der Waals surface area contributed by atoms with Gasteiger partial charge < -0.3 is 14.6 Å². The Labute approximate surface area is 152 Å². The van der Waals surface area contributed by atoms with Crippen molar-refractivity contribution in [1.82, 2.24) is 4.90 Å². The highest BCUT2D eigenvalue weighted by molar-refractivity contribution is 5.83. The van der Waals surface area contributed by atoms with Crippen molar-refractivity contribution in [2.24, 2.45) is 5.92 Å². The van der Waals surface area contributed by atoms with Crippen molar-refractivity contribution in [3.63, 3.8) is 0 Å². The van der Waals surface area contributed by atoms with Crippen LogP contribution in [0.5, 0.6) is 0 Å². The molecule has 1 fully saturated rings. The van der Waals surface area contributed by atoms with E-state index >= 15 is 0 Å². The first-order chi connectivity index (χ1) is 12.2. The number of ether oxygens (including phenoxy) is 2. The molecule has 7 nitrogen and oxygen atoms in total. The second kappa shape index (κ2) is 8.21. The molecule has 1 aliphatic heterocycles. The summed E-state index contributed by atoms with van der Waals surface area (Å²) in [6.45, 7) is 5.20. The van der Waals surface area contributed by atoms with Crippen LogP contribution in [0, 0.1) is 5.92 Å². The van der Waals surface area contributed by atoms with Crippen LogP contribution in [0.15, 0.2) is 30.3 Å². The van der Waals surface area contributed by atoms with Crippen LogP contribution in [0.2, 0.25) is 0 Å². The zero-order chi connectivity index (χ0) is 19.3. The van der Waals surface area contributed by atoms with E-state index in [0.29, 0.717) is 6.42 Å². The second-order valence-corrected chi connectivity index (χ2v) is 7.35. The lowest BCUT2D eigenvalue weighted by atomic mass is 9.93. The number of hydrogen-bond donors (Lipinski definition) is 1. The van der Waals surface area contributed by atoms with Gasteiger partial charge in [-0.2, -0.15) is 0 Å². The van der Waals surface area contributed by atoms with E-state index in [1.54, 1.807) is 20.8 Å². The monoisotopic (exact) mass is 363 g/mol. The Balaban J connectivity index is 2.09. The molecule has 2 rings (SSSR count). The Morgan fingerprint density at radius 2 is 1.81 bits per heavy atom. The number of carbonyl (C=O) groups excluding carboxylic acids is 2. The minimum absolute atomic E-state index is 0.0505. The first-order valence-electron chi connectivity index (χ1n) is 8.60. The third-order valence-corrected chi connectivity index (χ3v) is 4.05. The smallest absolute Gasteiger partial charge is 0.410 e. The van der Waals surface area contributed by atoms with Crippen molar-refractivity contribution in [3.8, 4) is 0 Å². The maximum Gasteiger partial charge on any atom is 0.410 e. The van der Waals surface area contributed by atoms with Crippen LogP contribution in [-0.4, -0.2) is 46.2 Å². The standard InChI is InChI=1S/C19H25NO6/c1-19(2,3)26-17(23)15-10-9-14(16(21)22)11-20(15)18(24)25-12-13-7-5-4-6-8-13/h4-8,14-15H,9-12H2,1-3H3,(H,21,22)/t14-,15-/m0/s1. The van der Waals surface area contributed by atoms with E-state index < -0.39 is 35.6 Å². The number of carboxylic acids is 1. The summed E-state index contributed by atoms with van der Waals surface area (Å²) in [5.74, 6) is -2.26. The Hall–Kier alpha value is -2.57. The summed E-state index contributed by atoms with van der Waals surface area (Å²) in [5.41, 5.74) is 0.113. The summed E-state index contributed by atoms with van der Waals surface area (Å²) in [4.78, 5) is 37.5. The molecule has 142 valence electrons. The Morgan fingerprint density at radius 3 is 2.38 bits per heavy atom. The fourth-order valence-corrected chi connectivity index (χ4v) is 2.79. The molecule has 0 saturated carbocycles. The van der Waals surface area contributed by atoms with Crippen molar-refractivity contribution in [1.29, 1.82) is 0 Å². The molecule has 1 amide bonds. The molecule has 1 N–H and O–H groups in total. The van der Waals surface area contributed by atoms with Crippen molar-refractivity contribution >= 4 is 18.0 Å². The highest BCUT2D eigenvalue weighted by Gasteiger charge is 2.41. The molecule has 0 spiro atoms. The van der Waals surface area contributed by atoms with E-state index in [4.69, 9.17) is 9.47 Å². The number of likely N-dealkylation sites (tertiary alicyclic amines) is 1. The summed E-state index contributed by atoms with van der Waals surface area (Å²) in [6.07, 6.45) is -0.177. The maximum absolute atomic E-state index is 12.5. The number of rotatable bonds is 4. The highest BCUT2D eigenvalue weighted by Crippen LogP contribution is 2.25. The molecule has 0 radical (unpaired) electrons. The van der Waals surface area contributed by atoms with Crippen molar-refractivity contribution < 1.29 is 29.0 Å². The lowest BCUT2D eigenvalue weighted by Crippen LogP contribution is -2.53. The highest BCUT2D eigenvalue weighted by atomic mass is 16.6. The van der Waals surface area contributed by atoms with Crippen LogP contribution in [0.25, 0.3) is 0 Å². The molecule has 1 aromatic rings. The minimum Gasteiger partial charge on any atom is -0.481 e. The summed E-state index contributed by atoms with van der Waals surface area (Å²) in [6, 6.07) is 8.30. The molecular formula is C19H25NO6. The van der Waals surface area contributed by atoms with Crippen molar-refractivity contribution in [2.75, 3.05) is 6.54 Å². The van der Waals surface area contributed by atoms with Gasteiger partial charge >= 0.3 is 18.0 Å². The van der Waals surface area contributed by atoms with Crippen LogP contribution >= 0.6 is 0 Å². The molecule has 1 heterocycles. The number of carboxylic acid groups (broad SMARTS) is 1. The normalized spacial score (nSPS) is 20.3. The molecule has 7 heteroatoms. The average Bonchev–Trinajstić information content (AvgIpc) is 2.58. The number of amides is 1. The van der Waals surface area contributed by atoms with Gasteiger partial charge in [-0.25, -0.2) is 9.59 Å². The average molecular weight is 363 g/mol.